The molecule has 8 heteroatoms. The number of nitrogens with one attached hydrogen (secondary N) is 2. The van der Waals surface area contributed by atoms with Crippen LogP contribution in [0, 0.1) is 0 Å². The summed E-state index contributed by atoms with van der Waals surface area (Å²) >= 11 is 0. The molecule has 1 aliphatic rings. The van der Waals surface area contributed by atoms with Gasteiger partial charge in [0.15, 0.2) is 5.96 Å². The van der Waals surface area contributed by atoms with Crippen LogP contribution in [0.3, 0.4) is 0 Å². The van der Waals surface area contributed by atoms with Gasteiger partial charge in [-0.15, -0.1) is 24.0 Å². The first-order chi connectivity index (χ1) is 10.1. The largest absolute Gasteiger partial charge is 0.386 e. The summed E-state index contributed by atoms with van der Waals surface area (Å²) in [6, 6.07) is 0.562. The summed E-state index contributed by atoms with van der Waals surface area (Å²) in [6.07, 6.45) is 5.38. The molecule has 126 valence electrons. The molecule has 0 aromatic carbocycles. The fraction of sp³-hybridized carbons (Fsp3) is 0.714. The van der Waals surface area contributed by atoms with E-state index in [1.165, 1.54) is 12.8 Å². The van der Waals surface area contributed by atoms with E-state index < -0.39 is 6.10 Å². The Bertz CT molecular complexity index is 478. The number of aliphatic imine (C=N–C) groups is 1. The van der Waals surface area contributed by atoms with Gasteiger partial charge in [0.05, 0.1) is 12.3 Å². The quantitative estimate of drug-likeness (QED) is 0.362. The van der Waals surface area contributed by atoms with Gasteiger partial charge in [-0.05, 0) is 26.4 Å². The molecule has 2 atom stereocenters. The van der Waals surface area contributed by atoms with E-state index in [4.69, 9.17) is 0 Å². The van der Waals surface area contributed by atoms with E-state index in [9.17, 15) is 5.11 Å². The van der Waals surface area contributed by atoms with Crippen molar-refractivity contribution in [3.8, 4) is 0 Å². The topological polar surface area (TPSA) is 77.7 Å². The van der Waals surface area contributed by atoms with Gasteiger partial charge < -0.3 is 20.6 Å². The molecule has 0 spiro atoms. The summed E-state index contributed by atoms with van der Waals surface area (Å²) in [7, 11) is 5.73. The molecule has 1 aromatic heterocycles. The fourth-order valence-corrected chi connectivity index (χ4v) is 2.60. The lowest BCUT2D eigenvalue weighted by Gasteiger charge is -2.21. The van der Waals surface area contributed by atoms with E-state index >= 15 is 0 Å². The first kappa shape index (κ1) is 19.2. The van der Waals surface area contributed by atoms with Gasteiger partial charge >= 0.3 is 0 Å². The molecule has 3 N–H and O–H groups in total. The van der Waals surface area contributed by atoms with Gasteiger partial charge in [-0.25, -0.2) is 0 Å². The lowest BCUT2D eigenvalue weighted by Crippen LogP contribution is -2.44. The number of halogens is 1. The number of aliphatic hydroxyl groups is 1. The normalized spacial score (nSPS) is 20.5. The van der Waals surface area contributed by atoms with Crippen LogP contribution in [0.15, 0.2) is 17.4 Å². The number of aliphatic hydroxyl groups excluding tert-OH is 1. The van der Waals surface area contributed by atoms with E-state index in [-0.39, 0.29) is 24.0 Å². The zero-order valence-corrected chi connectivity index (χ0v) is 15.8. The van der Waals surface area contributed by atoms with Crippen LogP contribution in [0.4, 0.5) is 0 Å². The number of likely N-dealkylation sites (N-methyl/N-ethyl adjacent to an activating group) is 1. The van der Waals surface area contributed by atoms with Crippen LogP contribution in [0.2, 0.25) is 0 Å². The first-order valence-electron chi connectivity index (χ1n) is 7.41. The number of likely N-dealkylation sites (tertiary alicyclic amines) is 1. The summed E-state index contributed by atoms with van der Waals surface area (Å²) in [5.74, 6) is 0.721. The Morgan fingerprint density at radius 2 is 2.27 bits per heavy atom. The van der Waals surface area contributed by atoms with Crippen molar-refractivity contribution in [2.24, 2.45) is 12.0 Å². The third kappa shape index (κ3) is 5.40. The minimum absolute atomic E-state index is 0. The van der Waals surface area contributed by atoms with Gasteiger partial charge in [-0.1, -0.05) is 0 Å². The van der Waals surface area contributed by atoms with Gasteiger partial charge in [-0.3, -0.25) is 9.67 Å². The van der Waals surface area contributed by atoms with Gasteiger partial charge in [0, 0.05) is 45.0 Å². The molecular formula is C14H27IN6O. The standard InChI is InChI=1S/C14H26N6O.HI/c1-15-14(16-8-12-5-4-6-19(12)2)17-9-13(21)11-7-18-20(3)10-11;/h7,10,12-13,21H,4-6,8-9H2,1-3H3,(H2,15,16,17);1H. The van der Waals surface area contributed by atoms with E-state index in [1.807, 2.05) is 13.2 Å². The van der Waals surface area contributed by atoms with Gasteiger partial charge in [0.25, 0.3) is 0 Å². The highest BCUT2D eigenvalue weighted by Gasteiger charge is 2.20. The third-order valence-corrected chi connectivity index (χ3v) is 3.97. The number of hydrogen-bond donors (Lipinski definition) is 3. The first-order valence-corrected chi connectivity index (χ1v) is 7.41. The second kappa shape index (κ2) is 9.31. The van der Waals surface area contributed by atoms with Crippen molar-refractivity contribution in [2.45, 2.75) is 25.0 Å². The Balaban J connectivity index is 0.00000242. The Labute approximate surface area is 149 Å². The second-order valence-electron chi connectivity index (χ2n) is 5.57. The average molecular weight is 422 g/mol. The zero-order valence-electron chi connectivity index (χ0n) is 13.5. The Hall–Kier alpha value is -0.870. The monoisotopic (exact) mass is 422 g/mol. The van der Waals surface area contributed by atoms with Crippen LogP contribution < -0.4 is 10.6 Å². The molecule has 1 aromatic rings. The maximum atomic E-state index is 10.1. The van der Waals surface area contributed by atoms with Crippen molar-refractivity contribution >= 4 is 29.9 Å². The summed E-state index contributed by atoms with van der Waals surface area (Å²) in [5.41, 5.74) is 0.802. The van der Waals surface area contributed by atoms with Gasteiger partial charge in [-0.2, -0.15) is 5.10 Å². The minimum Gasteiger partial charge on any atom is -0.386 e. The minimum atomic E-state index is -0.591. The summed E-state index contributed by atoms with van der Waals surface area (Å²) < 4.78 is 1.68. The van der Waals surface area contributed by atoms with Crippen LogP contribution in [0.25, 0.3) is 0 Å². The molecule has 7 nitrogen and oxygen atoms in total. The van der Waals surface area contributed by atoms with Crippen LogP contribution >= 0.6 is 24.0 Å². The van der Waals surface area contributed by atoms with Crippen LogP contribution in [0.5, 0.6) is 0 Å². The molecule has 0 saturated carbocycles. The van der Waals surface area contributed by atoms with Crippen molar-refractivity contribution in [1.29, 1.82) is 0 Å². The fourth-order valence-electron chi connectivity index (χ4n) is 2.60. The highest BCUT2D eigenvalue weighted by atomic mass is 127. The number of rotatable bonds is 5. The molecular weight excluding hydrogens is 395 g/mol. The highest BCUT2D eigenvalue weighted by molar-refractivity contribution is 14.0. The van der Waals surface area contributed by atoms with Crippen molar-refractivity contribution in [3.63, 3.8) is 0 Å². The van der Waals surface area contributed by atoms with Gasteiger partial charge in [0.1, 0.15) is 0 Å². The molecule has 22 heavy (non-hydrogen) atoms. The molecule has 0 radical (unpaired) electrons. The zero-order chi connectivity index (χ0) is 15.2. The highest BCUT2D eigenvalue weighted by Crippen LogP contribution is 2.13. The molecule has 0 aliphatic carbocycles. The lowest BCUT2D eigenvalue weighted by atomic mass is 10.2. The number of hydrogen-bond acceptors (Lipinski definition) is 4. The molecule has 1 aliphatic heterocycles. The van der Waals surface area contributed by atoms with Crippen molar-refractivity contribution in [3.05, 3.63) is 18.0 Å². The predicted molar refractivity (Wildman–Crippen MR) is 98.6 cm³/mol. The summed E-state index contributed by atoms with van der Waals surface area (Å²) in [5, 5.41) is 20.6. The van der Waals surface area contributed by atoms with E-state index in [1.54, 1.807) is 17.9 Å². The van der Waals surface area contributed by atoms with Crippen LogP contribution in [-0.4, -0.2) is 65.5 Å². The maximum Gasteiger partial charge on any atom is 0.191 e. The number of aromatic nitrogens is 2. The van der Waals surface area contributed by atoms with E-state index in [0.717, 1.165) is 24.6 Å². The molecule has 1 fully saturated rings. The molecule has 2 rings (SSSR count). The second-order valence-corrected chi connectivity index (χ2v) is 5.57. The molecule has 2 heterocycles. The SMILES string of the molecule is CN=C(NCC(O)c1cnn(C)c1)NCC1CCCN1C.I. The number of nitrogens with zero attached hydrogens (tertiary/aromatic N) is 4. The van der Waals surface area contributed by atoms with Crippen LogP contribution in [-0.2, 0) is 7.05 Å². The predicted octanol–water partition coefficient (Wildman–Crippen LogP) is 0.331. The number of aryl methyl sites for hydroxylation is 1. The van der Waals surface area contributed by atoms with E-state index in [2.05, 4.69) is 32.7 Å². The lowest BCUT2D eigenvalue weighted by molar-refractivity contribution is 0.180. The molecule has 0 amide bonds. The van der Waals surface area contributed by atoms with Crippen molar-refractivity contribution < 1.29 is 5.11 Å². The Morgan fingerprint density at radius 1 is 1.50 bits per heavy atom. The number of guanidine groups is 1. The van der Waals surface area contributed by atoms with Gasteiger partial charge in [0.2, 0.25) is 0 Å². The molecule has 2 unspecified atom stereocenters. The smallest absolute Gasteiger partial charge is 0.191 e. The average Bonchev–Trinajstić information content (AvgIpc) is 3.08. The Kier molecular flexibility index (Phi) is 8.12. The maximum absolute atomic E-state index is 10.1. The Morgan fingerprint density at radius 3 is 2.82 bits per heavy atom. The van der Waals surface area contributed by atoms with E-state index in [0.29, 0.717) is 12.6 Å². The van der Waals surface area contributed by atoms with Crippen LogP contribution in [0.1, 0.15) is 24.5 Å². The third-order valence-electron chi connectivity index (χ3n) is 3.97. The summed E-state index contributed by atoms with van der Waals surface area (Å²) in [6.45, 7) is 2.45. The summed E-state index contributed by atoms with van der Waals surface area (Å²) in [4.78, 5) is 6.55. The van der Waals surface area contributed by atoms with Crippen molar-refractivity contribution in [2.75, 3.05) is 33.7 Å². The van der Waals surface area contributed by atoms with Crippen molar-refractivity contribution in [1.82, 2.24) is 25.3 Å². The molecule has 0 bridgehead atoms. The molecule has 1 saturated heterocycles.